The minimum Gasteiger partial charge on any atom is -0.263 e. The fourth-order valence-electron chi connectivity index (χ4n) is 6.07. The minimum atomic E-state index is -0.363. The number of nitroso groups, excluding NO2 is 1. The van der Waals surface area contributed by atoms with E-state index in [0.717, 1.165) is 48.2 Å². The van der Waals surface area contributed by atoms with E-state index < -0.39 is 0 Å². The van der Waals surface area contributed by atoms with Gasteiger partial charge in [0.25, 0.3) is 0 Å². The molecule has 0 bridgehead atoms. The van der Waals surface area contributed by atoms with Crippen molar-refractivity contribution in [2.45, 2.75) is 58.2 Å². The lowest BCUT2D eigenvalue weighted by atomic mass is 9.63. The van der Waals surface area contributed by atoms with E-state index in [1.807, 2.05) is 13.8 Å². The maximum Gasteiger partial charge on any atom is 0.154 e. The van der Waals surface area contributed by atoms with Gasteiger partial charge in [-0.2, -0.15) is 4.91 Å². The van der Waals surface area contributed by atoms with E-state index in [-0.39, 0.29) is 17.6 Å². The van der Waals surface area contributed by atoms with Crippen molar-refractivity contribution in [1.29, 1.82) is 0 Å². The Bertz CT molecular complexity index is 1150. The van der Waals surface area contributed by atoms with E-state index in [2.05, 4.69) is 99.9 Å². The Kier molecular flexibility index (Phi) is 7.14. The van der Waals surface area contributed by atoms with Crippen LogP contribution in [0.5, 0.6) is 0 Å². The molecule has 0 aromatic carbocycles. The number of hydrazine groups is 1. The van der Waals surface area contributed by atoms with Crippen molar-refractivity contribution < 1.29 is 0 Å². The number of hydrogen-bond acceptors (Lipinski definition) is 6. The maximum absolute atomic E-state index is 11.1. The molecule has 0 aromatic heterocycles. The highest BCUT2D eigenvalue weighted by molar-refractivity contribution is 9.11. The van der Waals surface area contributed by atoms with Crippen LogP contribution in [-0.4, -0.2) is 47.2 Å². The standard InChI is InChI=1S/C29H36BrN5O/c1-5-34(4)35-27(19(2)30)31-18-23-15-25(21-9-7-6-8-10-21)26(32-28(23)35)22-13-11-20(12-14-22)24-16-29(3,17-24)33-36/h6-9,11,13-15,18,20-21,23-24,28H,5,10,12,16-17H2,1-4H3/b27-19+. The van der Waals surface area contributed by atoms with Gasteiger partial charge in [0, 0.05) is 30.2 Å². The summed E-state index contributed by atoms with van der Waals surface area (Å²) in [6.07, 6.45) is 23.9. The molecule has 0 radical (unpaired) electrons. The van der Waals surface area contributed by atoms with Gasteiger partial charge in [-0.1, -0.05) is 76.6 Å². The first-order chi connectivity index (χ1) is 17.3. The molecule has 36 heavy (non-hydrogen) atoms. The highest BCUT2D eigenvalue weighted by Crippen LogP contribution is 2.47. The number of nitrogens with zero attached hydrogens (tertiary/aromatic N) is 5. The number of aliphatic imine (C=N–C) groups is 2. The number of fused-ring (bicyclic) bond motifs is 1. The van der Waals surface area contributed by atoms with E-state index >= 15 is 0 Å². The van der Waals surface area contributed by atoms with Crippen molar-refractivity contribution in [3.63, 3.8) is 0 Å². The minimum absolute atomic E-state index is 0.0742. The van der Waals surface area contributed by atoms with Crippen LogP contribution in [0.2, 0.25) is 0 Å². The first-order valence-electron chi connectivity index (χ1n) is 13.1. The second-order valence-corrected chi connectivity index (χ2v) is 12.1. The zero-order valence-electron chi connectivity index (χ0n) is 21.6. The van der Waals surface area contributed by atoms with Gasteiger partial charge in [0.1, 0.15) is 11.7 Å². The Morgan fingerprint density at radius 3 is 2.69 bits per heavy atom. The van der Waals surface area contributed by atoms with Gasteiger partial charge in [0.15, 0.2) is 5.82 Å². The van der Waals surface area contributed by atoms with Crippen LogP contribution in [0.3, 0.4) is 0 Å². The van der Waals surface area contributed by atoms with E-state index in [1.54, 1.807) is 0 Å². The van der Waals surface area contributed by atoms with E-state index in [1.165, 1.54) is 11.1 Å². The third kappa shape index (κ3) is 4.68. The summed E-state index contributed by atoms with van der Waals surface area (Å²) in [5.74, 6) is 2.34. The number of hydrogen-bond donors (Lipinski definition) is 0. The van der Waals surface area contributed by atoms with Gasteiger partial charge < -0.3 is 0 Å². The molecule has 0 spiro atoms. The average Bonchev–Trinajstić information content (AvgIpc) is 2.90. The summed E-state index contributed by atoms with van der Waals surface area (Å²) in [6, 6.07) is 0. The smallest absolute Gasteiger partial charge is 0.154 e. The first kappa shape index (κ1) is 25.3. The average molecular weight is 551 g/mol. The Morgan fingerprint density at radius 2 is 2.08 bits per heavy atom. The van der Waals surface area contributed by atoms with Crippen LogP contribution >= 0.6 is 15.9 Å². The van der Waals surface area contributed by atoms with Gasteiger partial charge in [-0.05, 0) is 62.5 Å². The van der Waals surface area contributed by atoms with Crippen molar-refractivity contribution >= 4 is 27.9 Å². The number of rotatable bonds is 6. The normalized spacial score (nSPS) is 36.7. The predicted molar refractivity (Wildman–Crippen MR) is 152 cm³/mol. The summed E-state index contributed by atoms with van der Waals surface area (Å²) in [5, 5.41) is 7.79. The quantitative estimate of drug-likeness (QED) is 0.345. The van der Waals surface area contributed by atoms with Crippen LogP contribution in [0.4, 0.5) is 0 Å². The van der Waals surface area contributed by atoms with Crippen molar-refractivity contribution in [2.24, 2.45) is 38.8 Å². The van der Waals surface area contributed by atoms with Crippen LogP contribution in [-0.2, 0) is 0 Å². The first-order valence-corrected chi connectivity index (χ1v) is 13.9. The zero-order chi connectivity index (χ0) is 25.4. The van der Waals surface area contributed by atoms with Crippen LogP contribution in [0.25, 0.3) is 0 Å². The molecule has 4 unspecified atom stereocenters. The van der Waals surface area contributed by atoms with Gasteiger partial charge in [-0.3, -0.25) is 10.0 Å². The number of dihydropyridines is 1. The van der Waals surface area contributed by atoms with Gasteiger partial charge in [-0.15, -0.1) is 0 Å². The van der Waals surface area contributed by atoms with Crippen molar-refractivity contribution in [2.75, 3.05) is 13.6 Å². The van der Waals surface area contributed by atoms with Gasteiger partial charge in [0.05, 0.1) is 11.6 Å². The van der Waals surface area contributed by atoms with E-state index in [4.69, 9.17) is 9.98 Å². The Hall–Kier alpha value is -2.38. The molecule has 2 heterocycles. The highest BCUT2D eigenvalue weighted by Gasteiger charge is 2.45. The van der Waals surface area contributed by atoms with Crippen LogP contribution in [0.1, 0.15) is 46.5 Å². The molecular weight excluding hydrogens is 514 g/mol. The maximum atomic E-state index is 11.1. The molecule has 7 heteroatoms. The second kappa shape index (κ2) is 10.2. The number of halogens is 1. The molecule has 2 aliphatic heterocycles. The fraction of sp³-hybridized carbons (Fsp3) is 0.517. The van der Waals surface area contributed by atoms with E-state index in [9.17, 15) is 4.91 Å². The Balaban J connectivity index is 1.48. The van der Waals surface area contributed by atoms with Gasteiger partial charge in [0.2, 0.25) is 0 Å². The molecule has 0 saturated heterocycles. The van der Waals surface area contributed by atoms with Gasteiger partial charge in [-0.25, -0.2) is 10.0 Å². The summed E-state index contributed by atoms with van der Waals surface area (Å²) in [7, 11) is 2.10. The Morgan fingerprint density at radius 1 is 1.28 bits per heavy atom. The highest BCUT2D eigenvalue weighted by atomic mass is 79.9. The van der Waals surface area contributed by atoms with Crippen molar-refractivity contribution in [3.05, 3.63) is 75.0 Å². The fourth-order valence-corrected chi connectivity index (χ4v) is 6.35. The summed E-state index contributed by atoms with van der Waals surface area (Å²) in [5.41, 5.74) is 3.23. The molecule has 0 N–H and O–H groups in total. The zero-order valence-corrected chi connectivity index (χ0v) is 23.2. The molecule has 1 fully saturated rings. The monoisotopic (exact) mass is 549 g/mol. The van der Waals surface area contributed by atoms with Crippen molar-refractivity contribution in [1.82, 2.24) is 10.0 Å². The lowest BCUT2D eigenvalue weighted by Gasteiger charge is -2.45. The molecule has 0 amide bonds. The predicted octanol–water partition coefficient (Wildman–Crippen LogP) is 6.72. The summed E-state index contributed by atoms with van der Waals surface area (Å²) in [4.78, 5) is 21.4. The summed E-state index contributed by atoms with van der Waals surface area (Å²) < 4.78 is 1.00. The third-order valence-corrected chi connectivity index (χ3v) is 8.59. The van der Waals surface area contributed by atoms with Crippen LogP contribution < -0.4 is 0 Å². The second-order valence-electron chi connectivity index (χ2n) is 10.9. The molecule has 3 aliphatic carbocycles. The van der Waals surface area contributed by atoms with E-state index in [0.29, 0.717) is 17.8 Å². The van der Waals surface area contributed by atoms with Crippen LogP contribution in [0, 0.1) is 28.6 Å². The largest absolute Gasteiger partial charge is 0.263 e. The van der Waals surface area contributed by atoms with Crippen molar-refractivity contribution in [3.8, 4) is 0 Å². The molecule has 4 atom stereocenters. The van der Waals surface area contributed by atoms with Gasteiger partial charge >= 0.3 is 0 Å². The van der Waals surface area contributed by atoms with Crippen LogP contribution in [0.15, 0.2) is 85.2 Å². The molecule has 5 aliphatic rings. The topological polar surface area (TPSA) is 60.6 Å². The Labute approximate surface area is 223 Å². The molecule has 6 nitrogen and oxygen atoms in total. The lowest BCUT2D eigenvalue weighted by molar-refractivity contribution is -0.01000. The number of allylic oxidation sites excluding steroid dienone is 10. The lowest BCUT2D eigenvalue weighted by Crippen LogP contribution is -2.52. The molecule has 190 valence electrons. The molecule has 5 rings (SSSR count). The summed E-state index contributed by atoms with van der Waals surface area (Å²) in [6.45, 7) is 7.03. The molecule has 1 saturated carbocycles. The SMILES string of the molecule is CCN(C)N1/C(=C(\C)Br)N=CC2C=C(C3C=CC=CC3)C(C3=CCC(C4CC(C)(N=O)C4)C=C3)=NC21. The third-order valence-electron chi connectivity index (χ3n) is 8.24. The summed E-state index contributed by atoms with van der Waals surface area (Å²) >= 11 is 3.67. The molecular formula is C29H36BrN5O. The molecule has 0 aromatic rings.